The monoisotopic (exact) mass is 362 g/mol. The van der Waals surface area contributed by atoms with E-state index in [0.29, 0.717) is 5.57 Å². The van der Waals surface area contributed by atoms with Gasteiger partial charge in [0.15, 0.2) is 6.29 Å². The summed E-state index contributed by atoms with van der Waals surface area (Å²) in [6.07, 6.45) is 6.43. The van der Waals surface area contributed by atoms with E-state index < -0.39 is 0 Å². The van der Waals surface area contributed by atoms with Gasteiger partial charge < -0.3 is 0 Å². The fourth-order valence-electron chi connectivity index (χ4n) is 1.47. The number of unbranched alkanes of at least 4 members (excludes halogenated alkanes) is 3. The highest BCUT2D eigenvalue weighted by atomic mass is 127. The Morgan fingerprint density at radius 3 is 2.42 bits per heavy atom. The molecule has 2 heteroatoms. The molecule has 0 radical (unpaired) electrons. The Bertz CT molecular complexity index is 535. The van der Waals surface area contributed by atoms with E-state index in [-0.39, 0.29) is 0 Å². The average Bonchev–Trinajstić information content (AvgIpc) is 2.46. The van der Waals surface area contributed by atoms with Crippen molar-refractivity contribution in [3.05, 3.63) is 41.5 Å². The number of allylic oxidation sites excluding steroid dienone is 1. The molecule has 0 aliphatic heterocycles. The second-order valence-corrected chi connectivity index (χ2v) is 4.45. The van der Waals surface area contributed by atoms with Gasteiger partial charge in [0.2, 0.25) is 0 Å². The molecule has 1 rings (SSSR count). The number of halogens is 1. The standard InChI is InChI=1S/C17H15IO/c18-13-9-4-2-1-3-6-12-17(15-19)14-16-10-7-5-8-11-16/h5,7-8,10-11,14-15H,1-4H2/b17-14-. The lowest BCUT2D eigenvalue weighted by Gasteiger charge is -1.92. The molecule has 0 aliphatic carbocycles. The van der Waals surface area contributed by atoms with E-state index in [0.717, 1.165) is 37.5 Å². The van der Waals surface area contributed by atoms with Crippen LogP contribution in [-0.2, 0) is 4.79 Å². The Morgan fingerprint density at radius 1 is 1.11 bits per heavy atom. The van der Waals surface area contributed by atoms with Gasteiger partial charge in [0.05, 0.1) is 5.57 Å². The highest BCUT2D eigenvalue weighted by Gasteiger charge is 1.91. The summed E-state index contributed by atoms with van der Waals surface area (Å²) in [5.41, 5.74) is 1.52. The minimum Gasteiger partial charge on any atom is -0.297 e. The third kappa shape index (κ3) is 7.49. The molecule has 0 spiro atoms. The molecule has 0 amide bonds. The van der Waals surface area contributed by atoms with Gasteiger partial charge in [-0.25, -0.2) is 0 Å². The maximum atomic E-state index is 10.9. The molecule has 0 fully saturated rings. The summed E-state index contributed by atoms with van der Waals surface area (Å²) in [5, 5.41) is 0. The van der Waals surface area contributed by atoms with Gasteiger partial charge in [-0.1, -0.05) is 48.1 Å². The summed E-state index contributed by atoms with van der Waals surface area (Å²) in [6, 6.07) is 9.73. The maximum Gasteiger partial charge on any atom is 0.158 e. The minimum absolute atomic E-state index is 0.526. The lowest BCUT2D eigenvalue weighted by atomic mass is 10.1. The summed E-state index contributed by atoms with van der Waals surface area (Å²) in [7, 11) is 0. The van der Waals surface area contributed by atoms with Crippen LogP contribution in [0.3, 0.4) is 0 Å². The van der Waals surface area contributed by atoms with Crippen molar-refractivity contribution in [2.45, 2.75) is 25.7 Å². The molecule has 0 aromatic heterocycles. The topological polar surface area (TPSA) is 17.1 Å². The van der Waals surface area contributed by atoms with Gasteiger partial charge in [-0.05, 0) is 28.4 Å². The van der Waals surface area contributed by atoms with Gasteiger partial charge in [0, 0.05) is 35.4 Å². The van der Waals surface area contributed by atoms with Gasteiger partial charge >= 0.3 is 0 Å². The summed E-state index contributed by atoms with van der Waals surface area (Å²) in [4.78, 5) is 10.9. The molecule has 0 atom stereocenters. The number of benzene rings is 1. The quantitative estimate of drug-likeness (QED) is 0.252. The molecule has 0 saturated heterocycles. The molecule has 0 bridgehead atoms. The number of carbonyl (C=O) groups excluding carboxylic acids is 1. The SMILES string of the molecule is O=C/C(C#CCCCCC#CI)=C\c1ccccc1. The summed E-state index contributed by atoms with van der Waals surface area (Å²) < 4.78 is 2.84. The van der Waals surface area contributed by atoms with Crippen molar-refractivity contribution in [3.63, 3.8) is 0 Å². The molecule has 19 heavy (non-hydrogen) atoms. The molecule has 96 valence electrons. The molecule has 0 aliphatic rings. The van der Waals surface area contributed by atoms with E-state index in [4.69, 9.17) is 0 Å². The van der Waals surface area contributed by atoms with Gasteiger partial charge in [0.25, 0.3) is 0 Å². The highest BCUT2D eigenvalue weighted by Crippen LogP contribution is 2.04. The first-order valence-electron chi connectivity index (χ1n) is 6.16. The van der Waals surface area contributed by atoms with Gasteiger partial charge in [0.1, 0.15) is 0 Å². The summed E-state index contributed by atoms with van der Waals surface area (Å²) in [6.45, 7) is 0. The van der Waals surface area contributed by atoms with Crippen molar-refractivity contribution in [2.24, 2.45) is 0 Å². The van der Waals surface area contributed by atoms with E-state index in [1.807, 2.05) is 59.0 Å². The highest BCUT2D eigenvalue weighted by molar-refractivity contribution is 14.1. The first-order chi connectivity index (χ1) is 9.36. The van der Waals surface area contributed by atoms with Crippen LogP contribution in [0.5, 0.6) is 0 Å². The van der Waals surface area contributed by atoms with Crippen LogP contribution < -0.4 is 0 Å². The fraction of sp³-hybridized carbons (Fsp3) is 0.235. The zero-order valence-corrected chi connectivity index (χ0v) is 12.8. The average molecular weight is 362 g/mol. The van der Waals surface area contributed by atoms with E-state index in [1.54, 1.807) is 0 Å². The molecule has 0 saturated carbocycles. The third-order valence-electron chi connectivity index (χ3n) is 2.40. The largest absolute Gasteiger partial charge is 0.297 e. The molecule has 1 aromatic rings. The number of hydrogen-bond donors (Lipinski definition) is 0. The van der Waals surface area contributed by atoms with Crippen LogP contribution in [0.4, 0.5) is 0 Å². The summed E-state index contributed by atoms with van der Waals surface area (Å²) in [5.74, 6) is 8.96. The Labute approximate surface area is 128 Å². The van der Waals surface area contributed by atoms with Gasteiger partial charge in [-0.15, -0.1) is 0 Å². The third-order valence-corrected chi connectivity index (χ3v) is 2.78. The summed E-state index contributed by atoms with van der Waals surface area (Å²) >= 11 is 2.04. The predicted octanol–water partition coefficient (Wildman–Crippen LogP) is 4.23. The van der Waals surface area contributed by atoms with E-state index >= 15 is 0 Å². The van der Waals surface area contributed by atoms with Crippen molar-refractivity contribution in [1.29, 1.82) is 0 Å². The molecule has 0 heterocycles. The van der Waals surface area contributed by atoms with Crippen molar-refractivity contribution in [2.75, 3.05) is 0 Å². The van der Waals surface area contributed by atoms with E-state index in [9.17, 15) is 4.79 Å². The van der Waals surface area contributed by atoms with Crippen LogP contribution in [0.25, 0.3) is 6.08 Å². The van der Waals surface area contributed by atoms with Gasteiger partial charge in [-0.2, -0.15) is 0 Å². The molecule has 0 unspecified atom stereocenters. The molecule has 0 N–H and O–H groups in total. The Balaban J connectivity index is 2.46. The van der Waals surface area contributed by atoms with Crippen LogP contribution in [0.1, 0.15) is 31.2 Å². The second kappa shape index (κ2) is 10.4. The zero-order valence-electron chi connectivity index (χ0n) is 10.7. The Kier molecular flexibility index (Phi) is 8.51. The maximum absolute atomic E-state index is 10.9. The number of hydrogen-bond acceptors (Lipinski definition) is 1. The van der Waals surface area contributed by atoms with Crippen LogP contribution in [0, 0.1) is 21.7 Å². The molecule has 1 aromatic carbocycles. The number of rotatable bonds is 5. The van der Waals surface area contributed by atoms with Gasteiger partial charge in [-0.3, -0.25) is 4.79 Å². The van der Waals surface area contributed by atoms with E-state index in [1.165, 1.54) is 0 Å². The fourth-order valence-corrected chi connectivity index (χ4v) is 1.74. The Morgan fingerprint density at radius 2 is 1.79 bits per heavy atom. The molecule has 1 nitrogen and oxygen atoms in total. The molecular formula is C17H15IO. The van der Waals surface area contributed by atoms with E-state index in [2.05, 4.69) is 21.7 Å². The number of aldehydes is 1. The van der Waals surface area contributed by atoms with Crippen molar-refractivity contribution in [3.8, 4) is 21.7 Å². The lowest BCUT2D eigenvalue weighted by molar-refractivity contribution is -0.104. The van der Waals surface area contributed by atoms with Crippen LogP contribution >= 0.6 is 22.6 Å². The van der Waals surface area contributed by atoms with Crippen LogP contribution in [0.2, 0.25) is 0 Å². The van der Waals surface area contributed by atoms with Crippen LogP contribution in [0.15, 0.2) is 35.9 Å². The second-order valence-electron chi connectivity index (χ2n) is 3.91. The first kappa shape index (κ1) is 15.5. The van der Waals surface area contributed by atoms with Crippen molar-refractivity contribution >= 4 is 35.0 Å². The minimum atomic E-state index is 0.526. The Hall–Kier alpha value is -1.52. The smallest absolute Gasteiger partial charge is 0.158 e. The normalized spacial score (nSPS) is 9.84. The zero-order chi connectivity index (χ0) is 13.8. The predicted molar refractivity (Wildman–Crippen MR) is 88.5 cm³/mol. The lowest BCUT2D eigenvalue weighted by Crippen LogP contribution is -1.81. The van der Waals surface area contributed by atoms with Crippen LogP contribution in [-0.4, -0.2) is 6.29 Å². The van der Waals surface area contributed by atoms with Crippen molar-refractivity contribution < 1.29 is 4.79 Å². The first-order valence-corrected chi connectivity index (χ1v) is 7.24. The molecular weight excluding hydrogens is 347 g/mol. The van der Waals surface area contributed by atoms with Crippen molar-refractivity contribution in [1.82, 2.24) is 0 Å². The number of carbonyl (C=O) groups is 1.